The van der Waals surface area contributed by atoms with Gasteiger partial charge in [0.2, 0.25) is 0 Å². The van der Waals surface area contributed by atoms with Crippen LogP contribution in [0, 0.1) is 0 Å². The van der Waals surface area contributed by atoms with Crippen molar-refractivity contribution in [3.63, 3.8) is 0 Å². The van der Waals surface area contributed by atoms with Gasteiger partial charge in [0.05, 0.1) is 0 Å². The summed E-state index contributed by atoms with van der Waals surface area (Å²) in [5.74, 6) is 0. The van der Waals surface area contributed by atoms with Crippen molar-refractivity contribution in [3.05, 3.63) is 0 Å². The van der Waals surface area contributed by atoms with Crippen LogP contribution >= 0.6 is 0 Å². The standard InChI is InChI=1S/C10H26O2Si2/c1-6-11-14(5,12-7-2)10-8-9-13(3)4/h13H,6-10H2,1-5H3. The molecule has 0 saturated carbocycles. The van der Waals surface area contributed by atoms with Crippen molar-refractivity contribution in [2.75, 3.05) is 13.2 Å². The van der Waals surface area contributed by atoms with Crippen molar-refractivity contribution < 1.29 is 8.85 Å². The molecule has 0 unspecified atom stereocenters. The molecule has 0 fully saturated rings. The van der Waals surface area contributed by atoms with Crippen LogP contribution in [-0.2, 0) is 8.85 Å². The van der Waals surface area contributed by atoms with Gasteiger partial charge >= 0.3 is 8.56 Å². The molecular formula is C10H26O2Si2. The van der Waals surface area contributed by atoms with E-state index in [4.69, 9.17) is 8.85 Å². The smallest absolute Gasteiger partial charge is 0.334 e. The summed E-state index contributed by atoms with van der Waals surface area (Å²) in [6.07, 6.45) is 1.30. The predicted molar refractivity (Wildman–Crippen MR) is 68.0 cm³/mol. The summed E-state index contributed by atoms with van der Waals surface area (Å²) in [7, 11) is -2.18. The lowest BCUT2D eigenvalue weighted by molar-refractivity contribution is 0.188. The molecule has 0 saturated heterocycles. The fourth-order valence-electron chi connectivity index (χ4n) is 1.63. The third kappa shape index (κ3) is 6.76. The van der Waals surface area contributed by atoms with Crippen LogP contribution in [0.25, 0.3) is 0 Å². The van der Waals surface area contributed by atoms with Crippen LogP contribution in [-0.4, -0.2) is 30.6 Å². The van der Waals surface area contributed by atoms with E-state index in [2.05, 4.69) is 33.5 Å². The second-order valence-corrected chi connectivity index (χ2v) is 11.0. The summed E-state index contributed by atoms with van der Waals surface area (Å²) in [6, 6.07) is 2.59. The molecular weight excluding hydrogens is 208 g/mol. The zero-order chi connectivity index (χ0) is 11.0. The van der Waals surface area contributed by atoms with E-state index in [0.29, 0.717) is 0 Å². The zero-order valence-corrected chi connectivity index (χ0v) is 12.6. The van der Waals surface area contributed by atoms with Gasteiger partial charge in [0.15, 0.2) is 0 Å². The van der Waals surface area contributed by atoms with Crippen molar-refractivity contribution in [1.29, 1.82) is 0 Å². The number of hydrogen-bond donors (Lipinski definition) is 0. The lowest BCUT2D eigenvalue weighted by atomic mass is 10.6. The molecule has 14 heavy (non-hydrogen) atoms. The van der Waals surface area contributed by atoms with E-state index in [-0.39, 0.29) is 8.80 Å². The Morgan fingerprint density at radius 1 is 1.07 bits per heavy atom. The lowest BCUT2D eigenvalue weighted by Crippen LogP contribution is -2.38. The molecule has 0 bridgehead atoms. The fourth-order valence-corrected chi connectivity index (χ4v) is 5.50. The van der Waals surface area contributed by atoms with E-state index < -0.39 is 8.56 Å². The molecule has 0 radical (unpaired) electrons. The Morgan fingerprint density at radius 2 is 1.57 bits per heavy atom. The molecule has 0 heterocycles. The van der Waals surface area contributed by atoms with Gasteiger partial charge in [-0.2, -0.15) is 0 Å². The Labute approximate surface area is 91.9 Å². The lowest BCUT2D eigenvalue weighted by Gasteiger charge is -2.26. The highest BCUT2D eigenvalue weighted by Gasteiger charge is 2.29. The van der Waals surface area contributed by atoms with Gasteiger partial charge in [0.1, 0.15) is 0 Å². The Bertz CT molecular complexity index is 134. The number of hydrogen-bond acceptors (Lipinski definition) is 2. The molecule has 0 aromatic carbocycles. The maximum Gasteiger partial charge on any atom is 0.334 e. The van der Waals surface area contributed by atoms with Crippen LogP contribution < -0.4 is 0 Å². The monoisotopic (exact) mass is 234 g/mol. The van der Waals surface area contributed by atoms with Crippen molar-refractivity contribution in [2.45, 2.75) is 52.0 Å². The summed E-state index contributed by atoms with van der Waals surface area (Å²) in [4.78, 5) is 0. The van der Waals surface area contributed by atoms with Gasteiger partial charge in [-0.15, -0.1) is 0 Å². The predicted octanol–water partition coefficient (Wildman–Crippen LogP) is 3.01. The molecule has 0 aromatic rings. The minimum atomic E-state index is -1.79. The summed E-state index contributed by atoms with van der Waals surface area (Å²) >= 11 is 0. The van der Waals surface area contributed by atoms with Crippen LogP contribution in [0.1, 0.15) is 20.3 Å². The van der Waals surface area contributed by atoms with E-state index in [1.165, 1.54) is 18.5 Å². The molecule has 0 atom stereocenters. The van der Waals surface area contributed by atoms with Gasteiger partial charge < -0.3 is 8.85 Å². The van der Waals surface area contributed by atoms with Gasteiger partial charge in [0.25, 0.3) is 0 Å². The third-order valence-electron chi connectivity index (χ3n) is 2.31. The molecule has 86 valence electrons. The Morgan fingerprint density at radius 3 is 1.93 bits per heavy atom. The van der Waals surface area contributed by atoms with E-state index in [9.17, 15) is 0 Å². The zero-order valence-electron chi connectivity index (χ0n) is 10.4. The summed E-state index contributed by atoms with van der Waals surface area (Å²) < 4.78 is 11.6. The first-order chi connectivity index (χ1) is 6.54. The maximum atomic E-state index is 5.78. The summed E-state index contributed by atoms with van der Waals surface area (Å²) in [5.41, 5.74) is 0. The average molecular weight is 234 g/mol. The van der Waals surface area contributed by atoms with Crippen LogP contribution in [0.4, 0.5) is 0 Å². The molecule has 2 nitrogen and oxygen atoms in total. The van der Waals surface area contributed by atoms with Gasteiger partial charge in [-0.05, 0) is 26.4 Å². The first-order valence-corrected chi connectivity index (χ1v) is 11.5. The van der Waals surface area contributed by atoms with E-state index in [1.54, 1.807) is 0 Å². The molecule has 0 spiro atoms. The summed E-state index contributed by atoms with van der Waals surface area (Å²) in [5, 5.41) is 0. The van der Waals surface area contributed by atoms with Crippen molar-refractivity contribution >= 4 is 17.4 Å². The molecule has 0 amide bonds. The van der Waals surface area contributed by atoms with Crippen LogP contribution in [0.5, 0.6) is 0 Å². The van der Waals surface area contributed by atoms with Gasteiger partial charge in [-0.25, -0.2) is 0 Å². The van der Waals surface area contributed by atoms with Gasteiger partial charge in [0, 0.05) is 22.0 Å². The Kier molecular flexibility index (Phi) is 7.81. The molecule has 0 aliphatic rings. The molecule has 0 aromatic heterocycles. The normalized spacial score (nSPS) is 12.4. The topological polar surface area (TPSA) is 18.5 Å². The third-order valence-corrected chi connectivity index (χ3v) is 6.94. The molecule has 0 N–H and O–H groups in total. The largest absolute Gasteiger partial charge is 0.395 e. The van der Waals surface area contributed by atoms with Crippen LogP contribution in [0.3, 0.4) is 0 Å². The quantitative estimate of drug-likeness (QED) is 0.601. The Balaban J connectivity index is 3.83. The van der Waals surface area contributed by atoms with E-state index >= 15 is 0 Å². The SMILES string of the molecule is CCO[Si](C)(CCC[SiH](C)C)OCC. The van der Waals surface area contributed by atoms with Gasteiger partial charge in [-0.1, -0.05) is 25.6 Å². The van der Waals surface area contributed by atoms with E-state index in [0.717, 1.165) is 13.2 Å². The first-order valence-electron chi connectivity index (χ1n) is 5.82. The minimum Gasteiger partial charge on any atom is -0.395 e. The average Bonchev–Trinajstić information content (AvgIpc) is 2.03. The van der Waals surface area contributed by atoms with Crippen molar-refractivity contribution in [1.82, 2.24) is 0 Å². The highest BCUT2D eigenvalue weighted by atomic mass is 28.4. The fraction of sp³-hybridized carbons (Fsp3) is 1.00. The Hall–Kier alpha value is 0.354. The number of rotatable bonds is 8. The van der Waals surface area contributed by atoms with E-state index in [1.807, 2.05) is 0 Å². The molecule has 4 heteroatoms. The maximum absolute atomic E-state index is 5.78. The molecule has 0 rings (SSSR count). The highest BCUT2D eigenvalue weighted by Crippen LogP contribution is 2.18. The van der Waals surface area contributed by atoms with Crippen molar-refractivity contribution in [2.24, 2.45) is 0 Å². The minimum absolute atomic E-state index is 0.389. The highest BCUT2D eigenvalue weighted by molar-refractivity contribution is 6.66. The molecule has 0 aliphatic carbocycles. The summed E-state index contributed by atoms with van der Waals surface area (Å²) in [6.45, 7) is 12.7. The van der Waals surface area contributed by atoms with Gasteiger partial charge in [-0.3, -0.25) is 0 Å². The van der Waals surface area contributed by atoms with Crippen LogP contribution in [0.15, 0.2) is 0 Å². The second kappa shape index (κ2) is 7.62. The first kappa shape index (κ1) is 14.4. The van der Waals surface area contributed by atoms with Crippen LogP contribution in [0.2, 0.25) is 31.7 Å². The second-order valence-electron chi connectivity index (χ2n) is 4.29. The van der Waals surface area contributed by atoms with Crippen molar-refractivity contribution in [3.8, 4) is 0 Å². The molecule has 0 aliphatic heterocycles.